The van der Waals surface area contributed by atoms with Crippen molar-refractivity contribution in [2.75, 3.05) is 5.73 Å². The van der Waals surface area contributed by atoms with Crippen molar-refractivity contribution >= 4 is 44.4 Å². The third kappa shape index (κ3) is 3.60. The summed E-state index contributed by atoms with van der Waals surface area (Å²) in [6.45, 7) is 1.86. The van der Waals surface area contributed by atoms with Gasteiger partial charge in [-0.05, 0) is 29.1 Å². The van der Waals surface area contributed by atoms with E-state index in [0.29, 0.717) is 21.9 Å². The highest BCUT2D eigenvalue weighted by atomic mass is 32.1. The smallest absolute Gasteiger partial charge is 0.417 e. The molecule has 0 amide bonds. The number of ketones is 1. The number of aryl methyl sites for hydroxylation is 1. The van der Waals surface area contributed by atoms with E-state index in [-0.39, 0.29) is 20.8 Å². The van der Waals surface area contributed by atoms with E-state index in [4.69, 9.17) is 5.73 Å². The molecule has 0 saturated heterocycles. The standard InChI is InChI=1S/C22H13F3N4O3S2/c1-10-4-6-11(7-5-10)29-17(21(31)32-28-29)18(30)19-16(26)15-12(22(23,24)25)9-13(27-20(15)34-19)14-3-2-8-33-14/h2-9H,1H3,(H2-,26,28,30,31). The number of halogens is 3. The number of aromatic nitrogens is 3. The Morgan fingerprint density at radius 2 is 1.94 bits per heavy atom. The molecular weight excluding hydrogens is 489 g/mol. The lowest BCUT2D eigenvalue weighted by atomic mass is 10.1. The first-order valence-electron chi connectivity index (χ1n) is 9.70. The molecule has 1 aromatic carbocycles. The lowest BCUT2D eigenvalue weighted by molar-refractivity contribution is -0.672. The number of thiophene rings is 2. The van der Waals surface area contributed by atoms with Crippen molar-refractivity contribution in [1.29, 1.82) is 0 Å². The molecule has 0 saturated carbocycles. The molecular formula is C22H13F3N4O3S2. The first-order chi connectivity index (χ1) is 16.1. The van der Waals surface area contributed by atoms with Crippen molar-refractivity contribution in [2.24, 2.45) is 0 Å². The zero-order chi connectivity index (χ0) is 24.2. The topological polar surface area (TPSA) is 109 Å². The molecule has 0 aliphatic heterocycles. The monoisotopic (exact) mass is 502 g/mol. The third-order valence-corrected chi connectivity index (χ3v) is 7.08. The molecule has 0 fully saturated rings. The number of carbonyl (C=O) groups excluding carboxylic acids is 1. The Labute approximate surface area is 197 Å². The van der Waals surface area contributed by atoms with Crippen molar-refractivity contribution in [2.45, 2.75) is 13.1 Å². The minimum atomic E-state index is -4.74. The number of rotatable bonds is 4. The lowest BCUT2D eigenvalue weighted by Gasteiger charge is -2.10. The molecule has 0 spiro atoms. The second kappa shape index (κ2) is 7.92. The van der Waals surface area contributed by atoms with Gasteiger partial charge in [0.2, 0.25) is 5.69 Å². The summed E-state index contributed by atoms with van der Waals surface area (Å²) in [6, 6.07) is 11.0. The van der Waals surface area contributed by atoms with E-state index in [2.05, 4.69) is 14.8 Å². The van der Waals surface area contributed by atoms with Crippen LogP contribution in [0.4, 0.5) is 18.9 Å². The number of nitrogen functional groups attached to an aromatic ring is 1. The summed E-state index contributed by atoms with van der Waals surface area (Å²) in [5, 5.41) is 17.3. The predicted molar refractivity (Wildman–Crippen MR) is 118 cm³/mol. The van der Waals surface area contributed by atoms with Crippen molar-refractivity contribution < 1.29 is 32.3 Å². The van der Waals surface area contributed by atoms with E-state index in [0.717, 1.165) is 16.3 Å². The van der Waals surface area contributed by atoms with Gasteiger partial charge in [-0.25, -0.2) is 4.98 Å². The largest absolute Gasteiger partial charge is 0.539 e. The molecule has 5 rings (SSSR count). The summed E-state index contributed by atoms with van der Waals surface area (Å²) >= 11 is 1.92. The van der Waals surface area contributed by atoms with Gasteiger partial charge in [-0.2, -0.15) is 13.2 Å². The van der Waals surface area contributed by atoms with Gasteiger partial charge in [0.15, 0.2) is 5.95 Å². The van der Waals surface area contributed by atoms with Gasteiger partial charge in [-0.1, -0.05) is 23.8 Å². The van der Waals surface area contributed by atoms with Crippen LogP contribution in [0.1, 0.15) is 26.5 Å². The zero-order valence-corrected chi connectivity index (χ0v) is 18.8. The Morgan fingerprint density at radius 3 is 2.59 bits per heavy atom. The molecule has 12 heteroatoms. The summed E-state index contributed by atoms with van der Waals surface area (Å²) in [5.41, 5.74) is 5.59. The quantitative estimate of drug-likeness (QED) is 0.286. The summed E-state index contributed by atoms with van der Waals surface area (Å²) in [6.07, 6.45) is -4.74. The maximum atomic E-state index is 13.9. The maximum absolute atomic E-state index is 13.9. The number of carbonyl (C=O) groups is 1. The maximum Gasteiger partial charge on any atom is 0.417 e. The molecule has 0 bridgehead atoms. The Morgan fingerprint density at radius 1 is 1.21 bits per heavy atom. The zero-order valence-electron chi connectivity index (χ0n) is 17.2. The van der Waals surface area contributed by atoms with E-state index in [1.54, 1.807) is 41.8 Å². The van der Waals surface area contributed by atoms with E-state index < -0.39 is 34.9 Å². The van der Waals surface area contributed by atoms with Crippen LogP contribution in [0.25, 0.3) is 26.5 Å². The van der Waals surface area contributed by atoms with Gasteiger partial charge >= 0.3 is 11.9 Å². The van der Waals surface area contributed by atoms with Gasteiger partial charge in [0.25, 0.3) is 5.78 Å². The lowest BCUT2D eigenvalue weighted by Crippen LogP contribution is -2.39. The van der Waals surface area contributed by atoms with Gasteiger partial charge in [-0.15, -0.1) is 22.7 Å². The fourth-order valence-electron chi connectivity index (χ4n) is 3.47. The van der Waals surface area contributed by atoms with Gasteiger partial charge in [-0.3, -0.25) is 4.79 Å². The summed E-state index contributed by atoms with van der Waals surface area (Å²) in [5.74, 6) is -1.94. The van der Waals surface area contributed by atoms with Gasteiger partial charge < -0.3 is 15.4 Å². The first-order valence-corrected chi connectivity index (χ1v) is 11.4. The number of hydrogen-bond donors (Lipinski definition) is 1. The van der Waals surface area contributed by atoms with Crippen LogP contribution in [0.5, 0.6) is 5.95 Å². The molecule has 5 aromatic rings. The van der Waals surface area contributed by atoms with Crippen molar-refractivity contribution in [3.8, 4) is 22.2 Å². The molecule has 172 valence electrons. The van der Waals surface area contributed by atoms with Gasteiger partial charge in [0, 0.05) is 17.5 Å². The van der Waals surface area contributed by atoms with Crippen LogP contribution in [-0.4, -0.2) is 16.0 Å². The number of anilines is 1. The van der Waals surface area contributed by atoms with Crippen molar-refractivity contribution in [1.82, 2.24) is 10.3 Å². The normalized spacial score (nSPS) is 11.9. The number of nitrogens with zero attached hydrogens (tertiary/aromatic N) is 3. The molecule has 34 heavy (non-hydrogen) atoms. The first kappa shape index (κ1) is 22.0. The molecule has 4 aromatic heterocycles. The third-order valence-electron chi connectivity index (χ3n) is 5.09. The molecule has 0 atom stereocenters. The second-order valence-corrected chi connectivity index (χ2v) is 9.29. The highest BCUT2D eigenvalue weighted by molar-refractivity contribution is 7.21. The molecule has 2 N–H and O–H groups in total. The van der Waals surface area contributed by atoms with Crippen LogP contribution in [0.15, 0.2) is 52.4 Å². The van der Waals surface area contributed by atoms with Crippen LogP contribution in [0.3, 0.4) is 0 Å². The Kier molecular flexibility index (Phi) is 5.14. The predicted octanol–water partition coefficient (Wildman–Crippen LogP) is 4.50. The average molecular weight is 502 g/mol. The van der Waals surface area contributed by atoms with Crippen molar-refractivity contribution in [3.63, 3.8) is 0 Å². The number of alkyl halides is 3. The number of pyridine rings is 1. The summed E-state index contributed by atoms with van der Waals surface area (Å²) in [7, 11) is 0. The molecule has 7 nitrogen and oxygen atoms in total. The van der Waals surface area contributed by atoms with Crippen LogP contribution in [-0.2, 0) is 6.18 Å². The van der Waals surface area contributed by atoms with Crippen LogP contribution < -0.4 is 15.5 Å². The average Bonchev–Trinajstić information content (AvgIpc) is 3.52. The fourth-order valence-corrected chi connectivity index (χ4v) is 5.22. The van der Waals surface area contributed by atoms with Crippen LogP contribution in [0, 0.1) is 6.92 Å². The van der Waals surface area contributed by atoms with Crippen LogP contribution in [0.2, 0.25) is 0 Å². The van der Waals surface area contributed by atoms with E-state index in [1.165, 1.54) is 11.3 Å². The number of benzene rings is 1. The molecule has 0 unspecified atom stereocenters. The Bertz CT molecular complexity index is 1540. The number of fused-ring (bicyclic) bond motifs is 1. The molecule has 4 heterocycles. The second-order valence-electron chi connectivity index (χ2n) is 7.34. The van der Waals surface area contributed by atoms with Crippen molar-refractivity contribution in [3.05, 3.63) is 69.5 Å². The minimum absolute atomic E-state index is 0.0649. The van der Waals surface area contributed by atoms with E-state index in [9.17, 15) is 23.1 Å². The molecule has 0 radical (unpaired) electrons. The fraction of sp³-hybridized carbons (Fsp3) is 0.0909. The Hall–Kier alpha value is -3.77. The van der Waals surface area contributed by atoms with Gasteiger partial charge in [0.05, 0.1) is 27.1 Å². The minimum Gasteiger partial charge on any atom is -0.539 e. The highest BCUT2D eigenvalue weighted by Gasteiger charge is 2.38. The highest BCUT2D eigenvalue weighted by Crippen LogP contribution is 2.44. The number of nitrogens with two attached hydrogens (primary N) is 1. The number of hydrogen-bond acceptors (Lipinski definition) is 8. The summed E-state index contributed by atoms with van der Waals surface area (Å²) < 4.78 is 47.5. The SMILES string of the molecule is Cc1ccc(-[n+]2noc([O-])c2C(=O)c2sc3nc(-c4cccs4)cc(C(F)(F)F)c3c2N)cc1. The summed E-state index contributed by atoms with van der Waals surface area (Å²) in [4.78, 5) is 17.9. The Balaban J connectivity index is 1.70. The molecule has 0 aliphatic rings. The van der Waals surface area contributed by atoms with Gasteiger partial charge in [0.1, 0.15) is 9.71 Å². The van der Waals surface area contributed by atoms with Crippen LogP contribution >= 0.6 is 22.7 Å². The van der Waals surface area contributed by atoms with E-state index >= 15 is 0 Å². The van der Waals surface area contributed by atoms with E-state index in [1.807, 2.05) is 6.92 Å². The molecule has 0 aliphatic carbocycles.